The molecule has 110 valence electrons. The van der Waals surface area contributed by atoms with Crippen molar-refractivity contribution in [3.63, 3.8) is 0 Å². The van der Waals surface area contributed by atoms with Crippen LogP contribution in [0.15, 0.2) is 84.9 Å². The van der Waals surface area contributed by atoms with Gasteiger partial charge in [-0.05, 0) is 41.8 Å². The van der Waals surface area contributed by atoms with Crippen molar-refractivity contribution in [2.75, 3.05) is 4.90 Å². The van der Waals surface area contributed by atoms with E-state index >= 15 is 0 Å². The molecule has 0 heterocycles. The molecule has 22 heavy (non-hydrogen) atoms. The topological polar surface area (TPSA) is 3.24 Å². The minimum absolute atomic E-state index is 0.478. The second-order valence-corrected chi connectivity index (χ2v) is 5.72. The minimum Gasteiger partial charge on any atom is -0.310 e. The van der Waals surface area contributed by atoms with Gasteiger partial charge in [0.25, 0.3) is 0 Å². The van der Waals surface area contributed by atoms with E-state index in [1.54, 1.807) is 0 Å². The molecule has 1 nitrogen and oxygen atoms in total. The van der Waals surface area contributed by atoms with Gasteiger partial charge in [-0.3, -0.25) is 0 Å². The maximum Gasteiger partial charge on any atom is 0.0496 e. The van der Waals surface area contributed by atoms with Crippen LogP contribution in [0.3, 0.4) is 0 Å². The molecular weight excluding hydrogens is 266 g/mol. The van der Waals surface area contributed by atoms with Crippen LogP contribution < -0.4 is 4.90 Å². The fourth-order valence-corrected chi connectivity index (χ4v) is 2.76. The molecule has 0 aliphatic rings. The van der Waals surface area contributed by atoms with Gasteiger partial charge in [0.05, 0.1) is 0 Å². The number of anilines is 3. The zero-order valence-electron chi connectivity index (χ0n) is 13.1. The quantitative estimate of drug-likeness (QED) is 0.546. The van der Waals surface area contributed by atoms with E-state index in [-0.39, 0.29) is 0 Å². The van der Waals surface area contributed by atoms with Crippen LogP contribution in [0, 0.1) is 0 Å². The highest BCUT2D eigenvalue weighted by molar-refractivity contribution is 5.78. The van der Waals surface area contributed by atoms with E-state index in [0.29, 0.717) is 5.92 Å². The fraction of sp³-hybridized carbons (Fsp3) is 0.143. The Hall–Kier alpha value is -2.54. The molecule has 0 unspecified atom stereocenters. The lowest BCUT2D eigenvalue weighted by atomic mass is 9.99. The normalized spacial score (nSPS) is 10.7. The third-order valence-corrected chi connectivity index (χ3v) is 3.83. The van der Waals surface area contributed by atoms with Crippen LogP contribution in [0.2, 0.25) is 0 Å². The van der Waals surface area contributed by atoms with E-state index in [9.17, 15) is 0 Å². The zero-order chi connectivity index (χ0) is 15.4. The highest BCUT2D eigenvalue weighted by atomic mass is 15.1. The predicted octanol–water partition coefficient (Wildman–Crippen LogP) is 6.28. The number of para-hydroxylation sites is 3. The molecule has 0 aromatic heterocycles. The number of hydrogen-bond acceptors (Lipinski definition) is 1. The summed E-state index contributed by atoms with van der Waals surface area (Å²) in [4.78, 5) is 2.33. The highest BCUT2D eigenvalue weighted by Gasteiger charge is 2.16. The van der Waals surface area contributed by atoms with Gasteiger partial charge in [-0.15, -0.1) is 0 Å². The molecule has 0 saturated heterocycles. The summed E-state index contributed by atoms with van der Waals surface area (Å²) < 4.78 is 0. The Bertz CT molecular complexity index is 678. The van der Waals surface area contributed by atoms with Crippen LogP contribution in [0.25, 0.3) is 0 Å². The largest absolute Gasteiger partial charge is 0.310 e. The maximum atomic E-state index is 2.33. The van der Waals surface area contributed by atoms with Crippen LogP contribution in [0.1, 0.15) is 25.3 Å². The first kappa shape index (κ1) is 14.4. The average Bonchev–Trinajstić information content (AvgIpc) is 2.57. The molecule has 0 radical (unpaired) electrons. The number of rotatable bonds is 4. The van der Waals surface area contributed by atoms with Crippen LogP contribution in [-0.4, -0.2) is 0 Å². The lowest BCUT2D eigenvalue weighted by molar-refractivity contribution is 0.864. The van der Waals surface area contributed by atoms with Crippen molar-refractivity contribution in [1.82, 2.24) is 0 Å². The van der Waals surface area contributed by atoms with E-state index in [4.69, 9.17) is 0 Å². The van der Waals surface area contributed by atoms with Crippen molar-refractivity contribution >= 4 is 17.1 Å². The van der Waals surface area contributed by atoms with Gasteiger partial charge >= 0.3 is 0 Å². The molecule has 0 atom stereocenters. The number of hydrogen-bond donors (Lipinski definition) is 0. The maximum absolute atomic E-state index is 2.33. The van der Waals surface area contributed by atoms with Gasteiger partial charge in [0.1, 0.15) is 0 Å². The monoisotopic (exact) mass is 287 g/mol. The summed E-state index contributed by atoms with van der Waals surface area (Å²) in [6.07, 6.45) is 0. The van der Waals surface area contributed by atoms with Crippen LogP contribution >= 0.6 is 0 Å². The Morgan fingerprint density at radius 1 is 0.591 bits per heavy atom. The van der Waals surface area contributed by atoms with Gasteiger partial charge in [0.2, 0.25) is 0 Å². The number of nitrogens with zero attached hydrogens (tertiary/aromatic N) is 1. The smallest absolute Gasteiger partial charge is 0.0496 e. The molecule has 3 aromatic carbocycles. The minimum atomic E-state index is 0.478. The van der Waals surface area contributed by atoms with Crippen molar-refractivity contribution in [2.24, 2.45) is 0 Å². The third-order valence-electron chi connectivity index (χ3n) is 3.83. The van der Waals surface area contributed by atoms with E-state index in [0.717, 1.165) is 0 Å². The number of benzene rings is 3. The summed E-state index contributed by atoms with van der Waals surface area (Å²) in [7, 11) is 0. The zero-order valence-corrected chi connectivity index (χ0v) is 13.1. The van der Waals surface area contributed by atoms with Crippen LogP contribution in [0.5, 0.6) is 0 Å². The van der Waals surface area contributed by atoms with Crippen molar-refractivity contribution in [1.29, 1.82) is 0 Å². The van der Waals surface area contributed by atoms with Crippen molar-refractivity contribution in [2.45, 2.75) is 19.8 Å². The molecule has 0 bridgehead atoms. The first-order valence-corrected chi connectivity index (χ1v) is 7.76. The summed E-state index contributed by atoms with van der Waals surface area (Å²) in [5.41, 5.74) is 4.97. The van der Waals surface area contributed by atoms with Gasteiger partial charge in [-0.25, -0.2) is 0 Å². The van der Waals surface area contributed by atoms with Crippen molar-refractivity contribution < 1.29 is 0 Å². The van der Waals surface area contributed by atoms with Gasteiger partial charge < -0.3 is 4.90 Å². The molecule has 0 aliphatic carbocycles. The summed E-state index contributed by atoms with van der Waals surface area (Å²) in [6, 6.07) is 29.7. The molecular formula is C21H21N. The molecule has 3 rings (SSSR count). The third kappa shape index (κ3) is 2.89. The summed E-state index contributed by atoms with van der Waals surface area (Å²) >= 11 is 0. The van der Waals surface area contributed by atoms with Crippen molar-refractivity contribution in [3.05, 3.63) is 90.5 Å². The predicted molar refractivity (Wildman–Crippen MR) is 95.2 cm³/mol. The van der Waals surface area contributed by atoms with E-state index in [2.05, 4.69) is 104 Å². The Kier molecular flexibility index (Phi) is 4.24. The first-order chi connectivity index (χ1) is 10.8. The van der Waals surface area contributed by atoms with Crippen LogP contribution in [-0.2, 0) is 0 Å². The molecule has 1 heteroatoms. The van der Waals surface area contributed by atoms with Gasteiger partial charge in [-0.1, -0.05) is 68.4 Å². The average molecular weight is 287 g/mol. The Labute approximate surface area is 132 Å². The molecule has 0 fully saturated rings. The summed E-state index contributed by atoms with van der Waals surface area (Å²) in [5.74, 6) is 0.478. The molecule has 3 aromatic rings. The second kappa shape index (κ2) is 6.48. The highest BCUT2D eigenvalue weighted by Crippen LogP contribution is 2.38. The van der Waals surface area contributed by atoms with Crippen molar-refractivity contribution in [3.8, 4) is 0 Å². The summed E-state index contributed by atoms with van der Waals surface area (Å²) in [5, 5.41) is 0. The standard InChI is InChI=1S/C21H21N/c1-17(2)20-15-9-10-16-21(20)22(18-11-5-3-6-12-18)19-13-7-4-8-14-19/h3-17H,1-2H3. The molecule has 0 amide bonds. The summed E-state index contributed by atoms with van der Waals surface area (Å²) in [6.45, 7) is 4.49. The second-order valence-electron chi connectivity index (χ2n) is 5.72. The first-order valence-electron chi connectivity index (χ1n) is 7.76. The Balaban J connectivity index is 2.19. The van der Waals surface area contributed by atoms with E-state index in [1.165, 1.54) is 22.6 Å². The van der Waals surface area contributed by atoms with Gasteiger partial charge in [0, 0.05) is 17.1 Å². The molecule has 0 spiro atoms. The fourth-order valence-electron chi connectivity index (χ4n) is 2.76. The molecule has 0 N–H and O–H groups in total. The SMILES string of the molecule is CC(C)c1ccccc1N(c1ccccc1)c1ccccc1. The Morgan fingerprint density at radius 3 is 1.55 bits per heavy atom. The van der Waals surface area contributed by atoms with Gasteiger partial charge in [-0.2, -0.15) is 0 Å². The molecule has 0 aliphatic heterocycles. The van der Waals surface area contributed by atoms with E-state index < -0.39 is 0 Å². The lowest BCUT2D eigenvalue weighted by Gasteiger charge is -2.28. The van der Waals surface area contributed by atoms with E-state index in [1.807, 2.05) is 0 Å². The Morgan fingerprint density at radius 2 is 1.05 bits per heavy atom. The lowest BCUT2D eigenvalue weighted by Crippen LogP contribution is -2.12. The van der Waals surface area contributed by atoms with Crippen LogP contribution in [0.4, 0.5) is 17.1 Å². The molecule has 0 saturated carbocycles. The van der Waals surface area contributed by atoms with Gasteiger partial charge in [0.15, 0.2) is 0 Å².